The molecule has 1 heterocycles. The number of rotatable bonds is 5. The van der Waals surface area contributed by atoms with Crippen molar-refractivity contribution in [2.45, 2.75) is 70.4 Å². The molecule has 38 heavy (non-hydrogen) atoms. The molecule has 1 unspecified atom stereocenters. The van der Waals surface area contributed by atoms with Crippen molar-refractivity contribution in [3.05, 3.63) is 125 Å². The van der Waals surface area contributed by atoms with Crippen molar-refractivity contribution in [3.8, 4) is 11.1 Å². The zero-order valence-electron chi connectivity index (χ0n) is 23.5. The van der Waals surface area contributed by atoms with Gasteiger partial charge in [-0.3, -0.25) is 0 Å². The van der Waals surface area contributed by atoms with E-state index in [1.165, 1.54) is 33.4 Å². The van der Waals surface area contributed by atoms with Crippen LogP contribution in [0.25, 0.3) is 11.1 Å². The molecule has 0 amide bonds. The fraction of sp³-hybridized carbons (Fsp3) is 0.314. The highest BCUT2D eigenvalue weighted by molar-refractivity contribution is 6.83. The summed E-state index contributed by atoms with van der Waals surface area (Å²) >= 11 is 0. The molecule has 0 bridgehead atoms. The van der Waals surface area contributed by atoms with Crippen LogP contribution in [0.3, 0.4) is 0 Å². The maximum atomic E-state index is 7.05. The summed E-state index contributed by atoms with van der Waals surface area (Å²) in [7, 11) is 0. The van der Waals surface area contributed by atoms with Crippen LogP contribution in [0.15, 0.2) is 103 Å². The Hall–Kier alpha value is -3.14. The lowest BCUT2D eigenvalue weighted by Crippen LogP contribution is -2.55. The van der Waals surface area contributed by atoms with Crippen LogP contribution >= 0.6 is 0 Å². The van der Waals surface area contributed by atoms with Crippen molar-refractivity contribution in [1.29, 1.82) is 0 Å². The second-order valence-corrected chi connectivity index (χ2v) is 12.2. The first-order chi connectivity index (χ1) is 18.2. The van der Waals surface area contributed by atoms with E-state index in [4.69, 9.17) is 9.31 Å². The fourth-order valence-corrected chi connectivity index (χ4v) is 6.90. The standard InChI is InChI=1S/C35H38BO2/c1-7-25(2)36(37-33(3,4)34(5,6)38-36)28-22-23-30-29-20-14-15-21-31(29)35(32(30)24-28,26-16-10-8-11-17-26)27-18-12-9-13-19-27/h8-25H,7H2,1-6H3/q-1. The van der Waals surface area contributed by atoms with E-state index in [0.29, 0.717) is 0 Å². The number of benzene rings is 4. The average Bonchev–Trinajstić information content (AvgIpc) is 3.34. The monoisotopic (exact) mass is 501 g/mol. The van der Waals surface area contributed by atoms with Crippen LogP contribution in [0.2, 0.25) is 5.82 Å². The highest BCUT2D eigenvalue weighted by Gasteiger charge is 2.54. The van der Waals surface area contributed by atoms with Gasteiger partial charge in [0.05, 0.1) is 5.41 Å². The van der Waals surface area contributed by atoms with Gasteiger partial charge >= 0.3 is 0 Å². The lowest BCUT2D eigenvalue weighted by atomic mass is 9.42. The largest absolute Gasteiger partial charge is 0.558 e. The molecule has 2 aliphatic rings. The first kappa shape index (κ1) is 25.2. The zero-order chi connectivity index (χ0) is 26.8. The average molecular weight is 501 g/mol. The summed E-state index contributed by atoms with van der Waals surface area (Å²) in [4.78, 5) is 0. The smallest absolute Gasteiger partial charge is 0.273 e. The quantitative estimate of drug-likeness (QED) is 0.227. The Balaban J connectivity index is 1.68. The molecule has 1 aliphatic heterocycles. The molecule has 1 aliphatic carbocycles. The van der Waals surface area contributed by atoms with Crippen LogP contribution < -0.4 is 5.46 Å². The Bertz CT molecular complexity index is 1420. The molecule has 0 radical (unpaired) electrons. The van der Waals surface area contributed by atoms with Gasteiger partial charge in [0.15, 0.2) is 0 Å². The van der Waals surface area contributed by atoms with Crippen LogP contribution in [0.5, 0.6) is 0 Å². The molecule has 4 aromatic rings. The molecule has 4 aromatic carbocycles. The van der Waals surface area contributed by atoms with E-state index < -0.39 is 23.2 Å². The second kappa shape index (κ2) is 8.69. The summed E-state index contributed by atoms with van der Waals surface area (Å²) in [5.41, 5.74) is 7.65. The van der Waals surface area contributed by atoms with E-state index in [9.17, 15) is 0 Å². The molecule has 3 heteroatoms. The Morgan fingerprint density at radius 3 is 1.68 bits per heavy atom. The summed E-state index contributed by atoms with van der Waals surface area (Å²) in [6.07, 6.45) is 0.978. The molecule has 0 aromatic heterocycles. The molecule has 194 valence electrons. The molecule has 0 spiro atoms. The number of fused-ring (bicyclic) bond motifs is 3. The van der Waals surface area contributed by atoms with Gasteiger partial charge in [0, 0.05) is 11.2 Å². The Labute approximate surface area is 228 Å². The van der Waals surface area contributed by atoms with Gasteiger partial charge in [-0.05, 0) is 61.1 Å². The van der Waals surface area contributed by atoms with E-state index in [0.717, 1.165) is 11.9 Å². The molecule has 2 nitrogen and oxygen atoms in total. The molecule has 0 saturated carbocycles. The highest BCUT2D eigenvalue weighted by Crippen LogP contribution is 2.56. The zero-order valence-corrected chi connectivity index (χ0v) is 23.5. The van der Waals surface area contributed by atoms with Gasteiger partial charge < -0.3 is 9.31 Å². The number of hydrogen-bond acceptors (Lipinski definition) is 2. The minimum Gasteiger partial charge on any atom is -0.558 e. The minimum atomic E-state index is -1.71. The summed E-state index contributed by atoms with van der Waals surface area (Å²) in [5.74, 6) is 0.237. The summed E-state index contributed by atoms with van der Waals surface area (Å²) in [6, 6.07) is 37.8. The van der Waals surface area contributed by atoms with Crippen molar-refractivity contribution in [3.63, 3.8) is 0 Å². The number of hydrogen-bond donors (Lipinski definition) is 0. The van der Waals surface area contributed by atoms with Gasteiger partial charge in [-0.2, -0.15) is 5.46 Å². The van der Waals surface area contributed by atoms with Crippen molar-refractivity contribution in [1.82, 2.24) is 0 Å². The van der Waals surface area contributed by atoms with Gasteiger partial charge in [-0.25, -0.2) is 0 Å². The van der Waals surface area contributed by atoms with E-state index >= 15 is 0 Å². The minimum absolute atomic E-state index is 0.237. The third-order valence-electron chi connectivity index (χ3n) is 9.73. The predicted octanol–water partition coefficient (Wildman–Crippen LogP) is 8.10. The van der Waals surface area contributed by atoms with Crippen LogP contribution in [-0.4, -0.2) is 17.8 Å². The fourth-order valence-electron chi connectivity index (χ4n) is 6.90. The van der Waals surface area contributed by atoms with Crippen molar-refractivity contribution >= 4 is 12.0 Å². The Kier molecular flexibility index (Phi) is 5.76. The van der Waals surface area contributed by atoms with E-state index in [-0.39, 0.29) is 5.82 Å². The second-order valence-electron chi connectivity index (χ2n) is 12.2. The Morgan fingerprint density at radius 2 is 1.13 bits per heavy atom. The van der Waals surface area contributed by atoms with Gasteiger partial charge in [0.25, 0.3) is 6.55 Å². The third-order valence-corrected chi connectivity index (χ3v) is 9.73. The van der Waals surface area contributed by atoms with Crippen LogP contribution in [0.4, 0.5) is 0 Å². The van der Waals surface area contributed by atoms with Crippen molar-refractivity contribution in [2.24, 2.45) is 0 Å². The molecule has 6 rings (SSSR count). The first-order valence-electron chi connectivity index (χ1n) is 14.1. The molecular weight excluding hydrogens is 463 g/mol. The van der Waals surface area contributed by atoms with Crippen molar-refractivity contribution < 1.29 is 9.31 Å². The SMILES string of the molecule is CCC(C)[B-]1(c2ccc3c(c2)C(c2ccccc2)(c2ccccc2)c2ccccc2-3)OC(C)(C)C(C)(C)O1. The molecule has 0 N–H and O–H groups in total. The summed E-state index contributed by atoms with van der Waals surface area (Å²) in [5, 5.41) is 0. The molecular formula is C35H38BO2-. The van der Waals surface area contributed by atoms with Gasteiger partial charge in [0.2, 0.25) is 0 Å². The molecule has 1 atom stereocenters. The van der Waals surface area contributed by atoms with Gasteiger partial charge in [0.1, 0.15) is 0 Å². The highest BCUT2D eigenvalue weighted by atomic mass is 16.7. The first-order valence-corrected chi connectivity index (χ1v) is 14.1. The van der Waals surface area contributed by atoms with Crippen molar-refractivity contribution in [2.75, 3.05) is 0 Å². The third kappa shape index (κ3) is 3.35. The normalized spacial score (nSPS) is 20.5. The summed E-state index contributed by atoms with van der Waals surface area (Å²) < 4.78 is 14.1. The molecule has 1 saturated heterocycles. The maximum absolute atomic E-state index is 7.05. The van der Waals surface area contributed by atoms with Gasteiger partial charge in [-0.15, -0.1) is 5.82 Å². The molecule has 1 fully saturated rings. The summed E-state index contributed by atoms with van der Waals surface area (Å²) in [6.45, 7) is 11.5. The van der Waals surface area contributed by atoms with Crippen LogP contribution in [0, 0.1) is 0 Å². The van der Waals surface area contributed by atoms with E-state index in [1.54, 1.807) is 0 Å². The maximum Gasteiger partial charge on any atom is 0.273 e. The van der Waals surface area contributed by atoms with E-state index in [1.807, 2.05) is 0 Å². The Morgan fingerprint density at radius 1 is 0.632 bits per heavy atom. The van der Waals surface area contributed by atoms with Gasteiger partial charge in [-0.1, -0.05) is 123 Å². The predicted molar refractivity (Wildman–Crippen MR) is 159 cm³/mol. The van der Waals surface area contributed by atoms with Crippen LogP contribution in [-0.2, 0) is 14.7 Å². The lowest BCUT2D eigenvalue weighted by molar-refractivity contribution is 0.00578. The topological polar surface area (TPSA) is 18.5 Å². The van der Waals surface area contributed by atoms with Crippen LogP contribution in [0.1, 0.15) is 70.2 Å². The lowest BCUT2D eigenvalue weighted by Gasteiger charge is -2.44. The van der Waals surface area contributed by atoms with E-state index in [2.05, 4.69) is 145 Å².